The topological polar surface area (TPSA) is 64.1 Å². The Morgan fingerprint density at radius 3 is 2.67 bits per heavy atom. The fourth-order valence-corrected chi connectivity index (χ4v) is 2.34. The molecule has 0 unspecified atom stereocenters. The third-order valence-electron chi connectivity index (χ3n) is 2.89. The molecule has 21 heavy (non-hydrogen) atoms. The lowest BCUT2D eigenvalue weighted by Crippen LogP contribution is -2.04. The maximum Gasteiger partial charge on any atom is 0.190 e. The number of nitrogens with one attached hydrogen (secondary N) is 1. The van der Waals surface area contributed by atoms with Crippen molar-refractivity contribution in [1.29, 1.82) is 0 Å². The van der Waals surface area contributed by atoms with Crippen LogP contribution in [-0.4, -0.2) is 4.98 Å². The van der Waals surface area contributed by atoms with E-state index in [1.807, 2.05) is 22.6 Å². The molecule has 0 saturated carbocycles. The van der Waals surface area contributed by atoms with Crippen molar-refractivity contribution < 1.29 is 17.6 Å². The van der Waals surface area contributed by atoms with Gasteiger partial charge in [0.25, 0.3) is 0 Å². The summed E-state index contributed by atoms with van der Waals surface area (Å²) in [7, 11) is 0. The minimum absolute atomic E-state index is 0.0284. The van der Waals surface area contributed by atoms with Gasteiger partial charge in [-0.3, -0.25) is 0 Å². The highest BCUT2D eigenvalue weighted by Gasteiger charge is 2.22. The highest BCUT2D eigenvalue weighted by atomic mass is 127. The summed E-state index contributed by atoms with van der Waals surface area (Å²) in [6, 6.07) is 4.27. The van der Waals surface area contributed by atoms with E-state index in [1.165, 1.54) is 12.1 Å². The second-order valence-corrected chi connectivity index (χ2v) is 5.44. The number of halogens is 4. The van der Waals surface area contributed by atoms with E-state index in [9.17, 15) is 13.2 Å². The van der Waals surface area contributed by atoms with Crippen molar-refractivity contribution in [3.63, 3.8) is 0 Å². The lowest BCUT2D eigenvalue weighted by Gasteiger charge is -2.12. The predicted molar refractivity (Wildman–Crippen MR) is 80.7 cm³/mol. The summed E-state index contributed by atoms with van der Waals surface area (Å²) in [5, 5.41) is 2.45. The van der Waals surface area contributed by atoms with Gasteiger partial charge in [0.2, 0.25) is 0 Å². The monoisotopic (exact) mass is 405 g/mol. The Kier molecular flexibility index (Phi) is 3.40. The Bertz CT molecular complexity index is 850. The van der Waals surface area contributed by atoms with Gasteiger partial charge in [-0.15, -0.1) is 0 Å². The van der Waals surface area contributed by atoms with E-state index in [2.05, 4.69) is 10.3 Å². The maximum atomic E-state index is 14.0. The zero-order valence-electron chi connectivity index (χ0n) is 10.3. The zero-order chi connectivity index (χ0) is 15.1. The average molecular weight is 405 g/mol. The molecule has 0 saturated heterocycles. The summed E-state index contributed by atoms with van der Waals surface area (Å²) in [4.78, 5) is 3.55. The van der Waals surface area contributed by atoms with Crippen molar-refractivity contribution in [2.75, 3.05) is 11.1 Å². The highest BCUT2D eigenvalue weighted by Crippen LogP contribution is 2.36. The molecule has 8 heteroatoms. The summed E-state index contributed by atoms with van der Waals surface area (Å²) in [6.07, 6.45) is 0.957. The van der Waals surface area contributed by atoms with Crippen LogP contribution in [0.1, 0.15) is 0 Å². The molecule has 0 atom stereocenters. The quantitative estimate of drug-likeness (QED) is 0.496. The van der Waals surface area contributed by atoms with Crippen LogP contribution in [0, 0.1) is 21.0 Å². The van der Waals surface area contributed by atoms with E-state index in [-0.39, 0.29) is 22.5 Å². The van der Waals surface area contributed by atoms with Gasteiger partial charge < -0.3 is 15.5 Å². The fraction of sp³-hybridized carbons (Fsp3) is 0. The molecule has 0 spiro atoms. The van der Waals surface area contributed by atoms with Gasteiger partial charge in [0.15, 0.2) is 29.1 Å². The molecule has 108 valence electrons. The van der Waals surface area contributed by atoms with Gasteiger partial charge in [-0.2, -0.15) is 0 Å². The molecule has 2 aromatic carbocycles. The van der Waals surface area contributed by atoms with Crippen molar-refractivity contribution in [3.05, 3.63) is 45.6 Å². The van der Waals surface area contributed by atoms with E-state index in [0.29, 0.717) is 3.57 Å². The lowest BCUT2D eigenvalue weighted by molar-refractivity contribution is 0.518. The van der Waals surface area contributed by atoms with Crippen molar-refractivity contribution >= 4 is 50.8 Å². The van der Waals surface area contributed by atoms with E-state index < -0.39 is 23.1 Å². The molecule has 3 aromatic rings. The van der Waals surface area contributed by atoms with Crippen LogP contribution in [0.2, 0.25) is 0 Å². The van der Waals surface area contributed by atoms with Crippen LogP contribution in [-0.2, 0) is 0 Å². The van der Waals surface area contributed by atoms with E-state index in [1.54, 1.807) is 6.07 Å². The van der Waals surface area contributed by atoms with Crippen LogP contribution >= 0.6 is 22.6 Å². The number of nitrogens with two attached hydrogens (primary N) is 1. The van der Waals surface area contributed by atoms with E-state index in [4.69, 9.17) is 10.2 Å². The largest absolute Gasteiger partial charge is 0.441 e. The first kappa shape index (κ1) is 14.0. The minimum Gasteiger partial charge on any atom is -0.441 e. The van der Waals surface area contributed by atoms with Crippen LogP contribution in [0.4, 0.5) is 30.2 Å². The molecule has 3 N–H and O–H groups in total. The van der Waals surface area contributed by atoms with E-state index in [0.717, 1.165) is 6.39 Å². The Morgan fingerprint density at radius 2 is 1.95 bits per heavy atom. The van der Waals surface area contributed by atoms with E-state index >= 15 is 0 Å². The Hall–Kier alpha value is -1.97. The molecule has 0 fully saturated rings. The number of aromatic nitrogens is 1. The normalized spacial score (nSPS) is 11.0. The first-order valence-corrected chi connectivity index (χ1v) is 6.78. The minimum atomic E-state index is -1.24. The number of anilines is 3. The van der Waals surface area contributed by atoms with Crippen molar-refractivity contribution in [2.24, 2.45) is 0 Å². The Balaban J connectivity index is 2.16. The predicted octanol–water partition coefficient (Wildman–Crippen LogP) is 4.18. The fourth-order valence-electron chi connectivity index (χ4n) is 1.89. The molecule has 0 aliphatic carbocycles. The molecule has 0 amide bonds. The van der Waals surface area contributed by atoms with Crippen LogP contribution in [0.3, 0.4) is 0 Å². The SMILES string of the molecule is Nc1c(Nc2ccc(I)cc2F)c(F)c(F)c2ncoc12. The smallest absolute Gasteiger partial charge is 0.190 e. The van der Waals surface area contributed by atoms with Crippen LogP contribution in [0.25, 0.3) is 11.1 Å². The third-order valence-corrected chi connectivity index (χ3v) is 3.56. The number of hydrogen-bond donors (Lipinski definition) is 2. The van der Waals surface area contributed by atoms with Gasteiger partial charge in [-0.1, -0.05) is 0 Å². The first-order valence-electron chi connectivity index (χ1n) is 5.70. The highest BCUT2D eigenvalue weighted by molar-refractivity contribution is 14.1. The van der Waals surface area contributed by atoms with Crippen LogP contribution in [0.5, 0.6) is 0 Å². The van der Waals surface area contributed by atoms with Gasteiger partial charge in [0, 0.05) is 3.57 Å². The Morgan fingerprint density at radius 1 is 1.19 bits per heavy atom. The maximum absolute atomic E-state index is 14.0. The molecule has 3 rings (SSSR count). The second-order valence-electron chi connectivity index (χ2n) is 4.20. The lowest BCUT2D eigenvalue weighted by atomic mass is 10.2. The summed E-state index contributed by atoms with van der Waals surface area (Å²) < 4.78 is 47.3. The standard InChI is InChI=1S/C13H7F3IN3O/c14-6-3-5(17)1-2-7(6)20-11-8(15)9(16)12-13(10(11)18)21-4-19-12/h1-4,20H,18H2. The summed E-state index contributed by atoms with van der Waals surface area (Å²) >= 11 is 1.93. The van der Waals surface area contributed by atoms with Crippen molar-refractivity contribution in [1.82, 2.24) is 4.98 Å². The molecular weight excluding hydrogens is 398 g/mol. The molecule has 0 aliphatic heterocycles. The molecule has 0 aliphatic rings. The summed E-state index contributed by atoms with van der Waals surface area (Å²) in [5.41, 5.74) is 4.73. The third kappa shape index (κ3) is 2.28. The Labute approximate surface area is 130 Å². The number of hydrogen-bond acceptors (Lipinski definition) is 4. The second kappa shape index (κ2) is 5.10. The van der Waals surface area contributed by atoms with Gasteiger partial charge in [0.05, 0.1) is 5.69 Å². The van der Waals surface area contributed by atoms with Crippen LogP contribution in [0.15, 0.2) is 29.0 Å². The number of benzene rings is 2. The molecule has 1 aromatic heterocycles. The molecule has 1 heterocycles. The average Bonchev–Trinajstić information content (AvgIpc) is 2.93. The number of fused-ring (bicyclic) bond motifs is 1. The molecule has 0 bridgehead atoms. The van der Waals surface area contributed by atoms with Crippen LogP contribution < -0.4 is 11.1 Å². The number of nitrogens with zero attached hydrogens (tertiary/aromatic N) is 1. The van der Waals surface area contributed by atoms with Crippen molar-refractivity contribution in [3.8, 4) is 0 Å². The molecule has 0 radical (unpaired) electrons. The number of rotatable bonds is 2. The van der Waals surface area contributed by atoms with Gasteiger partial charge in [0.1, 0.15) is 17.2 Å². The van der Waals surface area contributed by atoms with Gasteiger partial charge >= 0.3 is 0 Å². The number of oxazole rings is 1. The zero-order valence-corrected chi connectivity index (χ0v) is 12.4. The first-order chi connectivity index (χ1) is 9.99. The van der Waals surface area contributed by atoms with Gasteiger partial charge in [-0.25, -0.2) is 18.2 Å². The summed E-state index contributed by atoms with van der Waals surface area (Å²) in [5.74, 6) is -3.06. The molecule has 4 nitrogen and oxygen atoms in total. The molecular formula is C13H7F3IN3O. The van der Waals surface area contributed by atoms with Crippen molar-refractivity contribution in [2.45, 2.75) is 0 Å². The summed E-state index contributed by atoms with van der Waals surface area (Å²) in [6.45, 7) is 0. The van der Waals surface area contributed by atoms with Gasteiger partial charge in [-0.05, 0) is 40.8 Å². The number of nitrogen functional groups attached to an aromatic ring is 1.